The summed E-state index contributed by atoms with van der Waals surface area (Å²) in [6, 6.07) is 1.99. The molecule has 3 N–H and O–H groups in total. The van der Waals surface area contributed by atoms with Crippen LogP contribution in [0.15, 0.2) is 18.5 Å². The Labute approximate surface area is 155 Å². The molecule has 0 atom stereocenters. The van der Waals surface area contributed by atoms with Crippen molar-refractivity contribution in [2.75, 3.05) is 26.2 Å². The van der Waals surface area contributed by atoms with E-state index in [0.717, 1.165) is 61.8 Å². The summed E-state index contributed by atoms with van der Waals surface area (Å²) in [6.45, 7) is 7.72. The third-order valence-corrected chi connectivity index (χ3v) is 5.58. The molecule has 0 aromatic carbocycles. The van der Waals surface area contributed by atoms with Gasteiger partial charge in [0.2, 0.25) is 0 Å². The van der Waals surface area contributed by atoms with E-state index in [0.29, 0.717) is 18.2 Å². The minimum absolute atomic E-state index is 0.0468. The summed E-state index contributed by atoms with van der Waals surface area (Å²) >= 11 is 0. The van der Waals surface area contributed by atoms with Gasteiger partial charge in [-0.05, 0) is 56.3 Å². The van der Waals surface area contributed by atoms with E-state index in [2.05, 4.69) is 34.0 Å². The zero-order chi connectivity index (χ0) is 18.5. The Bertz CT molecular complexity index is 730. The van der Waals surface area contributed by atoms with E-state index in [1.807, 2.05) is 6.07 Å². The van der Waals surface area contributed by atoms with Gasteiger partial charge in [0.1, 0.15) is 5.69 Å². The number of nitrogens with zero attached hydrogens (tertiary/aromatic N) is 2. The van der Waals surface area contributed by atoms with E-state index in [9.17, 15) is 9.90 Å². The van der Waals surface area contributed by atoms with Crippen LogP contribution in [0.1, 0.15) is 61.5 Å². The van der Waals surface area contributed by atoms with Gasteiger partial charge in [0, 0.05) is 24.7 Å². The highest BCUT2D eigenvalue weighted by molar-refractivity contribution is 6.01. The fraction of sp³-hybridized carbons (Fsp3) is 0.600. The Morgan fingerprint density at radius 3 is 2.73 bits per heavy atom. The first-order valence-electron chi connectivity index (χ1n) is 9.78. The highest BCUT2D eigenvalue weighted by Crippen LogP contribution is 2.38. The van der Waals surface area contributed by atoms with Crippen molar-refractivity contribution in [1.82, 2.24) is 20.2 Å². The first kappa shape index (κ1) is 18.9. The Kier molecular flexibility index (Phi) is 6.27. The van der Waals surface area contributed by atoms with Crippen molar-refractivity contribution in [2.24, 2.45) is 0 Å². The number of aromatic amines is 1. The molecule has 6 nitrogen and oxygen atoms in total. The number of nitrogens with one attached hydrogen (secondary N) is 2. The first-order chi connectivity index (χ1) is 12.6. The van der Waals surface area contributed by atoms with Gasteiger partial charge in [0.15, 0.2) is 0 Å². The molecule has 6 heteroatoms. The lowest BCUT2D eigenvalue weighted by atomic mass is 9.81. The third-order valence-electron chi connectivity index (χ3n) is 5.58. The maximum Gasteiger partial charge on any atom is 0.268 e. The zero-order valence-electron chi connectivity index (χ0n) is 15.8. The van der Waals surface area contributed by atoms with E-state index in [1.54, 1.807) is 12.4 Å². The molecule has 1 aliphatic carbocycles. The second-order valence-electron chi connectivity index (χ2n) is 7.12. The van der Waals surface area contributed by atoms with Crippen LogP contribution in [0.3, 0.4) is 0 Å². The Hall–Kier alpha value is -1.92. The average Bonchev–Trinajstić information content (AvgIpc) is 3.05. The molecule has 0 saturated heterocycles. The van der Waals surface area contributed by atoms with Gasteiger partial charge in [-0.3, -0.25) is 9.78 Å². The highest BCUT2D eigenvalue weighted by atomic mass is 16.3. The maximum atomic E-state index is 12.9. The fourth-order valence-electron chi connectivity index (χ4n) is 3.99. The molecule has 26 heavy (non-hydrogen) atoms. The number of likely N-dealkylation sites (N-methyl/N-ethyl adjacent to an activating group) is 1. The molecule has 1 saturated carbocycles. The van der Waals surface area contributed by atoms with Crippen LogP contribution in [0.5, 0.6) is 0 Å². The minimum atomic E-state index is -0.204. The van der Waals surface area contributed by atoms with Gasteiger partial charge < -0.3 is 20.3 Å². The summed E-state index contributed by atoms with van der Waals surface area (Å²) in [7, 11) is 0. The topological polar surface area (TPSA) is 81.2 Å². The van der Waals surface area contributed by atoms with Crippen LogP contribution in [0.2, 0.25) is 0 Å². The average molecular weight is 358 g/mol. The van der Waals surface area contributed by atoms with Gasteiger partial charge in [0.05, 0.1) is 17.8 Å². The maximum absolute atomic E-state index is 12.9. The predicted octanol–water partition coefficient (Wildman–Crippen LogP) is 2.65. The molecule has 1 fully saturated rings. The number of aliphatic hydroxyl groups is 1. The molecule has 0 unspecified atom stereocenters. The van der Waals surface area contributed by atoms with Crippen LogP contribution < -0.4 is 5.32 Å². The summed E-state index contributed by atoms with van der Waals surface area (Å²) in [4.78, 5) is 22.6. The molecular formula is C20H30N4O2. The quantitative estimate of drug-likeness (QED) is 0.711. The Balaban J connectivity index is 1.80. The van der Waals surface area contributed by atoms with E-state index >= 15 is 0 Å². The van der Waals surface area contributed by atoms with Crippen molar-refractivity contribution < 1.29 is 9.90 Å². The predicted molar refractivity (Wildman–Crippen MR) is 103 cm³/mol. The van der Waals surface area contributed by atoms with Crippen molar-refractivity contribution in [3.8, 4) is 0 Å². The minimum Gasteiger partial charge on any atom is -0.393 e. The Morgan fingerprint density at radius 2 is 2.04 bits per heavy atom. The van der Waals surface area contributed by atoms with Crippen LogP contribution in [-0.4, -0.2) is 58.2 Å². The van der Waals surface area contributed by atoms with Crippen LogP contribution in [-0.2, 0) is 0 Å². The van der Waals surface area contributed by atoms with Crippen LogP contribution in [0.4, 0.5) is 0 Å². The standard InChI is InChI=1S/C20H30N4O2/c1-3-24(4-2)12-11-22-20(26)19-18(14-5-7-15(25)8-6-14)16-9-10-21-13-17(16)23-19/h9-10,13-15,23,25H,3-8,11-12H2,1-2H3,(H,22,26). The van der Waals surface area contributed by atoms with Gasteiger partial charge in [-0.25, -0.2) is 0 Å². The van der Waals surface area contributed by atoms with E-state index in [4.69, 9.17) is 0 Å². The normalized spacial score (nSPS) is 20.6. The largest absolute Gasteiger partial charge is 0.393 e. The monoisotopic (exact) mass is 358 g/mol. The number of H-pyrrole nitrogens is 1. The molecule has 2 heterocycles. The number of hydrogen-bond acceptors (Lipinski definition) is 4. The molecule has 0 radical (unpaired) electrons. The van der Waals surface area contributed by atoms with Crippen LogP contribution >= 0.6 is 0 Å². The summed E-state index contributed by atoms with van der Waals surface area (Å²) in [5, 5.41) is 14.0. The molecular weight excluding hydrogens is 328 g/mol. The summed E-state index contributed by atoms with van der Waals surface area (Å²) in [6.07, 6.45) is 6.77. The van der Waals surface area contributed by atoms with Gasteiger partial charge in [0.25, 0.3) is 5.91 Å². The van der Waals surface area contributed by atoms with Crippen LogP contribution in [0.25, 0.3) is 10.9 Å². The molecule has 142 valence electrons. The molecule has 0 spiro atoms. The highest BCUT2D eigenvalue weighted by Gasteiger charge is 2.28. The molecule has 2 aromatic heterocycles. The zero-order valence-corrected chi connectivity index (χ0v) is 15.8. The number of rotatable bonds is 7. The number of aromatic nitrogens is 2. The number of carbonyl (C=O) groups is 1. The summed E-state index contributed by atoms with van der Waals surface area (Å²) in [5.41, 5.74) is 2.66. The van der Waals surface area contributed by atoms with E-state index < -0.39 is 0 Å². The lowest BCUT2D eigenvalue weighted by Crippen LogP contribution is -2.35. The van der Waals surface area contributed by atoms with Crippen molar-refractivity contribution in [3.63, 3.8) is 0 Å². The van der Waals surface area contributed by atoms with Crippen LogP contribution in [0, 0.1) is 0 Å². The Morgan fingerprint density at radius 1 is 1.31 bits per heavy atom. The van der Waals surface area contributed by atoms with Crippen molar-refractivity contribution >= 4 is 16.8 Å². The molecule has 0 aliphatic heterocycles. The SMILES string of the molecule is CCN(CC)CCNC(=O)c1[nH]c2cnccc2c1C1CCC(O)CC1. The van der Waals surface area contributed by atoms with Gasteiger partial charge in [-0.15, -0.1) is 0 Å². The van der Waals surface area contributed by atoms with Crippen molar-refractivity contribution in [3.05, 3.63) is 29.7 Å². The smallest absolute Gasteiger partial charge is 0.268 e. The second-order valence-corrected chi connectivity index (χ2v) is 7.12. The number of carbonyl (C=O) groups excluding carboxylic acids is 1. The lowest BCUT2D eigenvalue weighted by Gasteiger charge is -2.26. The molecule has 1 amide bonds. The summed E-state index contributed by atoms with van der Waals surface area (Å²) < 4.78 is 0. The molecule has 0 bridgehead atoms. The lowest BCUT2D eigenvalue weighted by molar-refractivity contribution is 0.0941. The fourth-order valence-corrected chi connectivity index (χ4v) is 3.99. The molecule has 1 aliphatic rings. The number of aliphatic hydroxyl groups excluding tert-OH is 1. The van der Waals surface area contributed by atoms with Crippen molar-refractivity contribution in [1.29, 1.82) is 0 Å². The third kappa shape index (κ3) is 4.07. The van der Waals surface area contributed by atoms with Gasteiger partial charge in [-0.1, -0.05) is 13.8 Å². The van der Waals surface area contributed by atoms with Gasteiger partial charge >= 0.3 is 0 Å². The first-order valence-corrected chi connectivity index (χ1v) is 9.78. The number of pyridine rings is 1. The van der Waals surface area contributed by atoms with Crippen molar-refractivity contribution in [2.45, 2.75) is 51.6 Å². The van der Waals surface area contributed by atoms with Gasteiger partial charge in [-0.2, -0.15) is 0 Å². The molecule has 2 aromatic rings. The second kappa shape index (κ2) is 8.64. The van der Waals surface area contributed by atoms with E-state index in [1.165, 1.54) is 0 Å². The number of fused-ring (bicyclic) bond motifs is 1. The number of amides is 1. The summed E-state index contributed by atoms with van der Waals surface area (Å²) in [5.74, 6) is 0.257. The number of hydrogen-bond donors (Lipinski definition) is 3. The molecule has 3 rings (SSSR count). The van der Waals surface area contributed by atoms with E-state index in [-0.39, 0.29) is 12.0 Å².